The van der Waals surface area contributed by atoms with E-state index in [0.29, 0.717) is 0 Å². The Bertz CT molecular complexity index is 948. The Morgan fingerprint density at radius 3 is 2.58 bits per heavy atom. The predicted molar refractivity (Wildman–Crippen MR) is 95.5 cm³/mol. The highest BCUT2D eigenvalue weighted by Crippen LogP contribution is 2.20. The molecule has 0 aliphatic heterocycles. The summed E-state index contributed by atoms with van der Waals surface area (Å²) in [7, 11) is -3.81. The van der Waals surface area contributed by atoms with Gasteiger partial charge in [-0.1, -0.05) is 29.8 Å². The molecule has 0 radical (unpaired) electrons. The van der Waals surface area contributed by atoms with Crippen molar-refractivity contribution in [1.29, 1.82) is 0 Å². The maximum Gasteiger partial charge on any atom is 0.270 e. The zero-order valence-corrected chi connectivity index (χ0v) is 14.7. The topological polar surface area (TPSA) is 131 Å². The number of non-ortho nitro benzene ring substituents is 1. The van der Waals surface area contributed by atoms with Gasteiger partial charge in [0, 0.05) is 22.7 Å². The normalized spacial score (nSPS) is 11.4. The Hall–Kier alpha value is -2.82. The lowest BCUT2D eigenvalue weighted by atomic mass is 10.2. The molecular formula is C15H13ClN4O5S. The van der Waals surface area contributed by atoms with Crippen molar-refractivity contribution in [1.82, 2.24) is 10.1 Å². The summed E-state index contributed by atoms with van der Waals surface area (Å²) in [6, 6.07) is 11.3. The van der Waals surface area contributed by atoms with Crippen molar-refractivity contribution in [3.05, 3.63) is 69.2 Å². The first-order chi connectivity index (χ1) is 12.3. The lowest BCUT2D eigenvalue weighted by Crippen LogP contribution is -2.34. The summed E-state index contributed by atoms with van der Waals surface area (Å²) >= 11 is 5.89. The Balaban J connectivity index is 1.94. The second kappa shape index (κ2) is 8.52. The fraction of sp³-hybridized carbons (Fsp3) is 0.0667. The van der Waals surface area contributed by atoms with Crippen molar-refractivity contribution in [2.24, 2.45) is 5.10 Å². The molecule has 0 saturated heterocycles. The standard InChI is InChI=1S/C15H13ClN4O5S/c16-14-7-6-12(20(22)23)8-11(14)9-17-19-15(21)10-18-26(24,25)13-4-2-1-3-5-13/h1-9,18H,10H2,(H,19,21). The number of hydrogen-bond acceptors (Lipinski definition) is 6. The summed E-state index contributed by atoms with van der Waals surface area (Å²) in [5, 5.41) is 14.5. The van der Waals surface area contributed by atoms with Gasteiger partial charge in [-0.05, 0) is 18.2 Å². The fourth-order valence-corrected chi connectivity index (χ4v) is 2.97. The Morgan fingerprint density at radius 1 is 1.23 bits per heavy atom. The SMILES string of the molecule is O=C(CNS(=O)(=O)c1ccccc1)NN=Cc1cc([N+](=O)[O-])ccc1Cl. The first-order valence-electron chi connectivity index (χ1n) is 7.10. The molecule has 26 heavy (non-hydrogen) atoms. The van der Waals surface area contributed by atoms with E-state index in [1.54, 1.807) is 18.2 Å². The molecule has 0 heterocycles. The molecule has 0 aliphatic carbocycles. The number of nitro benzene ring substituents is 1. The minimum atomic E-state index is -3.81. The van der Waals surface area contributed by atoms with E-state index in [-0.39, 0.29) is 21.2 Å². The lowest BCUT2D eigenvalue weighted by molar-refractivity contribution is -0.384. The Labute approximate surface area is 153 Å². The van der Waals surface area contributed by atoms with Crippen LogP contribution in [0, 0.1) is 10.1 Å². The maximum atomic E-state index is 12.0. The minimum absolute atomic E-state index is 0.0275. The van der Waals surface area contributed by atoms with E-state index in [1.165, 1.54) is 30.3 Å². The molecule has 1 amide bonds. The highest BCUT2D eigenvalue weighted by molar-refractivity contribution is 7.89. The van der Waals surface area contributed by atoms with E-state index in [2.05, 4.69) is 15.2 Å². The number of hydrazone groups is 1. The van der Waals surface area contributed by atoms with Crippen LogP contribution < -0.4 is 10.1 Å². The molecule has 2 aromatic carbocycles. The molecule has 0 unspecified atom stereocenters. The number of nitro groups is 1. The van der Waals surface area contributed by atoms with Gasteiger partial charge in [-0.15, -0.1) is 0 Å². The third-order valence-corrected chi connectivity index (χ3v) is 4.82. The molecule has 0 bridgehead atoms. The highest BCUT2D eigenvalue weighted by atomic mass is 35.5. The quantitative estimate of drug-likeness (QED) is 0.417. The number of hydrogen-bond donors (Lipinski definition) is 2. The second-order valence-electron chi connectivity index (χ2n) is 4.89. The summed E-state index contributed by atoms with van der Waals surface area (Å²) in [6.07, 6.45) is 1.12. The molecule has 0 saturated carbocycles. The molecule has 9 nitrogen and oxygen atoms in total. The third kappa shape index (κ3) is 5.34. The number of halogens is 1. The molecule has 0 spiro atoms. The van der Waals surface area contributed by atoms with Gasteiger partial charge in [0.2, 0.25) is 10.0 Å². The second-order valence-corrected chi connectivity index (χ2v) is 7.07. The van der Waals surface area contributed by atoms with Crippen molar-refractivity contribution in [2.45, 2.75) is 4.90 Å². The first kappa shape index (κ1) is 19.5. The van der Waals surface area contributed by atoms with Gasteiger partial charge in [0.1, 0.15) is 0 Å². The molecule has 0 atom stereocenters. The van der Waals surface area contributed by atoms with Crippen LogP contribution in [0.5, 0.6) is 0 Å². The number of carbonyl (C=O) groups excluding carboxylic acids is 1. The van der Waals surface area contributed by atoms with Crippen LogP contribution in [0.15, 0.2) is 58.5 Å². The van der Waals surface area contributed by atoms with Crippen molar-refractivity contribution in [3.63, 3.8) is 0 Å². The zero-order chi connectivity index (χ0) is 19.2. The van der Waals surface area contributed by atoms with Crippen molar-refractivity contribution >= 4 is 39.4 Å². The summed E-state index contributed by atoms with van der Waals surface area (Å²) in [5.74, 6) is -0.720. The number of amides is 1. The van der Waals surface area contributed by atoms with Gasteiger partial charge in [0.25, 0.3) is 11.6 Å². The zero-order valence-electron chi connectivity index (χ0n) is 13.1. The van der Waals surface area contributed by atoms with Crippen molar-refractivity contribution in [3.8, 4) is 0 Å². The van der Waals surface area contributed by atoms with Crippen LogP contribution in [0.4, 0.5) is 5.69 Å². The van der Waals surface area contributed by atoms with Gasteiger partial charge >= 0.3 is 0 Å². The summed E-state index contributed by atoms with van der Waals surface area (Å²) < 4.78 is 26.1. The summed E-state index contributed by atoms with van der Waals surface area (Å²) in [4.78, 5) is 21.8. The van der Waals surface area contributed by atoms with Gasteiger partial charge in [0.15, 0.2) is 0 Å². The number of nitrogens with zero attached hydrogens (tertiary/aromatic N) is 2. The molecule has 136 valence electrons. The Kier molecular flexibility index (Phi) is 6.39. The summed E-state index contributed by atoms with van der Waals surface area (Å²) in [6.45, 7) is -0.531. The first-order valence-corrected chi connectivity index (χ1v) is 8.96. The molecule has 2 aromatic rings. The number of benzene rings is 2. The lowest BCUT2D eigenvalue weighted by Gasteiger charge is -2.05. The number of sulfonamides is 1. The highest BCUT2D eigenvalue weighted by Gasteiger charge is 2.14. The Morgan fingerprint density at radius 2 is 1.92 bits per heavy atom. The third-order valence-electron chi connectivity index (χ3n) is 3.06. The van der Waals surface area contributed by atoms with Gasteiger partial charge in [-0.3, -0.25) is 14.9 Å². The van der Waals surface area contributed by atoms with Crippen LogP contribution in [0.1, 0.15) is 5.56 Å². The molecule has 2 N–H and O–H groups in total. The van der Waals surface area contributed by atoms with Crippen LogP contribution in [0.3, 0.4) is 0 Å². The average molecular weight is 397 g/mol. The average Bonchev–Trinajstić information content (AvgIpc) is 2.62. The van der Waals surface area contributed by atoms with Crippen molar-refractivity contribution < 1.29 is 18.1 Å². The van der Waals surface area contributed by atoms with Crippen LogP contribution in [0.25, 0.3) is 0 Å². The van der Waals surface area contributed by atoms with Gasteiger partial charge < -0.3 is 0 Å². The van der Waals surface area contributed by atoms with Crippen LogP contribution in [0.2, 0.25) is 5.02 Å². The smallest absolute Gasteiger partial charge is 0.270 e. The summed E-state index contributed by atoms with van der Waals surface area (Å²) in [5.41, 5.74) is 2.15. The van der Waals surface area contributed by atoms with Crippen molar-refractivity contribution in [2.75, 3.05) is 6.54 Å². The van der Waals surface area contributed by atoms with E-state index in [9.17, 15) is 23.3 Å². The van der Waals surface area contributed by atoms with Crippen LogP contribution >= 0.6 is 11.6 Å². The van der Waals surface area contributed by atoms with E-state index >= 15 is 0 Å². The molecule has 11 heteroatoms. The monoisotopic (exact) mass is 396 g/mol. The van der Waals surface area contributed by atoms with E-state index in [0.717, 1.165) is 6.21 Å². The van der Waals surface area contributed by atoms with E-state index < -0.39 is 27.4 Å². The molecule has 0 aromatic heterocycles. The van der Waals surface area contributed by atoms with E-state index in [1.807, 2.05) is 0 Å². The number of carbonyl (C=O) groups is 1. The van der Waals surface area contributed by atoms with E-state index in [4.69, 9.17) is 11.6 Å². The van der Waals surface area contributed by atoms with Crippen LogP contribution in [-0.4, -0.2) is 32.0 Å². The van der Waals surface area contributed by atoms with Crippen LogP contribution in [-0.2, 0) is 14.8 Å². The molecule has 0 aliphatic rings. The molecule has 0 fully saturated rings. The largest absolute Gasteiger partial charge is 0.272 e. The van der Waals surface area contributed by atoms with Gasteiger partial charge in [-0.25, -0.2) is 18.6 Å². The van der Waals surface area contributed by atoms with Gasteiger partial charge in [-0.2, -0.15) is 5.10 Å². The molecule has 2 rings (SSSR count). The van der Waals surface area contributed by atoms with Gasteiger partial charge in [0.05, 0.1) is 22.6 Å². The minimum Gasteiger partial charge on any atom is -0.272 e. The maximum absolute atomic E-state index is 12.0. The fourth-order valence-electron chi connectivity index (χ4n) is 1.80. The number of rotatable bonds is 7. The predicted octanol–water partition coefficient (Wildman–Crippen LogP) is 1.68. The number of nitrogens with one attached hydrogen (secondary N) is 2. The molecular weight excluding hydrogens is 384 g/mol.